The van der Waals surface area contributed by atoms with Crippen LogP contribution in [-0.4, -0.2) is 45.9 Å². The van der Waals surface area contributed by atoms with E-state index in [0.717, 1.165) is 25.9 Å². The van der Waals surface area contributed by atoms with Gasteiger partial charge in [-0.15, -0.1) is 0 Å². The lowest BCUT2D eigenvalue weighted by molar-refractivity contribution is 0.00646. The summed E-state index contributed by atoms with van der Waals surface area (Å²) >= 11 is 6.16. The van der Waals surface area contributed by atoms with Crippen molar-refractivity contribution in [2.45, 2.75) is 32.3 Å². The lowest BCUT2D eigenvalue weighted by Crippen LogP contribution is -2.42. The normalized spacial score (nSPS) is 17.4. The van der Waals surface area contributed by atoms with Gasteiger partial charge in [0.2, 0.25) is 0 Å². The van der Waals surface area contributed by atoms with Crippen molar-refractivity contribution in [2.24, 2.45) is 5.92 Å². The maximum Gasteiger partial charge on any atom is 0.490 e. The molecule has 0 atom stereocenters. The minimum absolute atomic E-state index is 0.274. The lowest BCUT2D eigenvalue weighted by Gasteiger charge is -2.38. The minimum atomic E-state index is -1.56. The Morgan fingerprint density at radius 1 is 1.35 bits per heavy atom. The first-order valence-corrected chi connectivity index (χ1v) is 7.15. The maximum atomic E-state index is 10.0. The molecule has 0 aromatic carbocycles. The van der Waals surface area contributed by atoms with Gasteiger partial charge in [0, 0.05) is 24.7 Å². The maximum absolute atomic E-state index is 10.0. The van der Waals surface area contributed by atoms with Gasteiger partial charge in [0.15, 0.2) is 0 Å². The van der Waals surface area contributed by atoms with Crippen molar-refractivity contribution in [2.75, 3.05) is 18.0 Å². The highest BCUT2D eigenvalue weighted by Gasteiger charge is 2.31. The number of hydrogen-bond acceptors (Lipinski definition) is 5. The van der Waals surface area contributed by atoms with Gasteiger partial charge in [0.1, 0.15) is 5.82 Å². The third kappa shape index (κ3) is 3.44. The first-order valence-electron chi connectivity index (χ1n) is 6.78. The van der Waals surface area contributed by atoms with Crippen LogP contribution in [0.1, 0.15) is 26.7 Å². The van der Waals surface area contributed by atoms with Crippen molar-refractivity contribution in [1.82, 2.24) is 4.98 Å². The monoisotopic (exact) mass is 298 g/mol. The topological polar surface area (TPSA) is 76.8 Å². The minimum Gasteiger partial charge on any atom is -0.423 e. The van der Waals surface area contributed by atoms with Crippen LogP contribution in [-0.2, 0) is 0 Å². The molecule has 0 spiro atoms. The molecule has 0 unspecified atom stereocenters. The summed E-state index contributed by atoms with van der Waals surface area (Å²) < 4.78 is 0. The third-order valence-electron chi connectivity index (χ3n) is 3.93. The molecule has 110 valence electrons. The van der Waals surface area contributed by atoms with E-state index in [4.69, 9.17) is 21.6 Å². The quantitative estimate of drug-likeness (QED) is 0.704. The van der Waals surface area contributed by atoms with Crippen LogP contribution in [0.4, 0.5) is 5.82 Å². The molecule has 0 radical (unpaired) electrons. The molecule has 1 aliphatic rings. The molecular weight excluding hydrogens is 278 g/mol. The van der Waals surface area contributed by atoms with Crippen LogP contribution in [0.3, 0.4) is 0 Å². The van der Waals surface area contributed by atoms with E-state index < -0.39 is 12.7 Å². The van der Waals surface area contributed by atoms with Gasteiger partial charge >= 0.3 is 7.12 Å². The Balaban J connectivity index is 2.07. The zero-order valence-electron chi connectivity index (χ0n) is 11.8. The molecule has 1 aromatic heterocycles. The Bertz CT molecular complexity index is 471. The summed E-state index contributed by atoms with van der Waals surface area (Å²) in [5.74, 6) is 0.932. The number of aromatic nitrogens is 1. The summed E-state index contributed by atoms with van der Waals surface area (Å²) in [4.78, 5) is 6.29. The number of nitrogens with zero attached hydrogens (tertiary/aromatic N) is 2. The molecule has 1 aliphatic heterocycles. The third-order valence-corrected chi connectivity index (χ3v) is 4.21. The highest BCUT2D eigenvalue weighted by Crippen LogP contribution is 2.31. The van der Waals surface area contributed by atoms with Crippen LogP contribution in [0.25, 0.3) is 0 Å². The largest absolute Gasteiger partial charge is 0.490 e. The van der Waals surface area contributed by atoms with Crippen LogP contribution in [0.2, 0.25) is 5.02 Å². The zero-order valence-corrected chi connectivity index (χ0v) is 12.5. The summed E-state index contributed by atoms with van der Waals surface area (Å²) in [6.07, 6.45) is 3.19. The first-order chi connectivity index (χ1) is 9.29. The molecule has 5 nitrogen and oxygen atoms in total. The number of rotatable bonds is 3. The molecule has 0 aliphatic carbocycles. The second-order valence-corrected chi connectivity index (χ2v) is 6.27. The van der Waals surface area contributed by atoms with Crippen LogP contribution in [0, 0.1) is 5.92 Å². The van der Waals surface area contributed by atoms with Crippen LogP contribution in [0.5, 0.6) is 0 Å². The van der Waals surface area contributed by atoms with Gasteiger partial charge in [0.25, 0.3) is 0 Å². The zero-order chi connectivity index (χ0) is 14.9. The van der Waals surface area contributed by atoms with Gasteiger partial charge in [-0.25, -0.2) is 4.98 Å². The van der Waals surface area contributed by atoms with Gasteiger partial charge in [-0.2, -0.15) is 0 Å². The SMILES string of the molecule is CC(C)(O)C1CCN(c2ncc(B(O)O)cc2Cl)CC1. The molecule has 0 amide bonds. The highest BCUT2D eigenvalue weighted by molar-refractivity contribution is 6.59. The number of hydrogen-bond donors (Lipinski definition) is 3. The molecule has 0 bridgehead atoms. The summed E-state index contributed by atoms with van der Waals surface area (Å²) in [7, 11) is -1.56. The van der Waals surface area contributed by atoms with Crippen molar-refractivity contribution in [1.29, 1.82) is 0 Å². The Hall–Kier alpha value is -0.815. The Morgan fingerprint density at radius 2 is 1.95 bits per heavy atom. The first kappa shape index (κ1) is 15.6. The molecule has 7 heteroatoms. The van der Waals surface area contributed by atoms with Crippen LogP contribution >= 0.6 is 11.6 Å². The van der Waals surface area contributed by atoms with Crippen molar-refractivity contribution in [3.05, 3.63) is 17.3 Å². The number of piperidine rings is 1. The average molecular weight is 299 g/mol. The Labute approximate surface area is 124 Å². The van der Waals surface area contributed by atoms with E-state index in [0.29, 0.717) is 10.8 Å². The fraction of sp³-hybridized carbons (Fsp3) is 0.615. The summed E-state index contributed by atoms with van der Waals surface area (Å²) in [5, 5.41) is 28.6. The van der Waals surface area contributed by atoms with Crippen molar-refractivity contribution >= 4 is 30.0 Å². The predicted molar refractivity (Wildman–Crippen MR) is 80.3 cm³/mol. The highest BCUT2D eigenvalue weighted by atomic mass is 35.5. The van der Waals surface area contributed by atoms with E-state index in [-0.39, 0.29) is 11.4 Å². The molecule has 20 heavy (non-hydrogen) atoms. The molecule has 1 fully saturated rings. The van der Waals surface area contributed by atoms with Gasteiger partial charge in [-0.3, -0.25) is 0 Å². The molecule has 3 N–H and O–H groups in total. The van der Waals surface area contributed by atoms with E-state index in [2.05, 4.69) is 9.88 Å². The standard InChI is InChI=1S/C13H20BClN2O3/c1-13(2,18)9-3-5-17(6-4-9)12-11(15)7-10(8-16-12)14(19)20/h7-9,18-20H,3-6H2,1-2H3. The van der Waals surface area contributed by atoms with Crippen LogP contribution in [0.15, 0.2) is 12.3 Å². The summed E-state index contributed by atoms with van der Waals surface area (Å²) in [6.45, 7) is 5.25. The predicted octanol–water partition coefficient (Wildman–Crippen LogP) is 0.402. The molecular formula is C13H20BClN2O3. The second-order valence-electron chi connectivity index (χ2n) is 5.86. The molecule has 1 saturated heterocycles. The van der Waals surface area contributed by atoms with E-state index in [9.17, 15) is 5.11 Å². The number of anilines is 1. The van der Waals surface area contributed by atoms with Crippen molar-refractivity contribution in [3.8, 4) is 0 Å². The van der Waals surface area contributed by atoms with Gasteiger partial charge in [-0.05, 0) is 38.7 Å². The lowest BCUT2D eigenvalue weighted by atomic mass is 9.81. The second kappa shape index (κ2) is 5.89. The summed E-state index contributed by atoms with van der Waals surface area (Å²) in [6, 6.07) is 1.52. The number of pyridine rings is 1. The van der Waals surface area contributed by atoms with Crippen molar-refractivity contribution < 1.29 is 15.2 Å². The molecule has 2 rings (SSSR count). The number of halogens is 1. The summed E-state index contributed by atoms with van der Waals surface area (Å²) in [5.41, 5.74) is -0.376. The van der Waals surface area contributed by atoms with Gasteiger partial charge in [-0.1, -0.05) is 11.6 Å². The Kier molecular flexibility index (Phi) is 4.59. The van der Waals surface area contributed by atoms with E-state index in [1.165, 1.54) is 12.3 Å². The van der Waals surface area contributed by atoms with Gasteiger partial charge in [0.05, 0.1) is 10.6 Å². The fourth-order valence-electron chi connectivity index (χ4n) is 2.62. The fourth-order valence-corrected chi connectivity index (χ4v) is 2.91. The van der Waals surface area contributed by atoms with E-state index in [1.807, 2.05) is 13.8 Å². The van der Waals surface area contributed by atoms with Crippen molar-refractivity contribution in [3.63, 3.8) is 0 Å². The smallest absolute Gasteiger partial charge is 0.423 e. The van der Waals surface area contributed by atoms with E-state index >= 15 is 0 Å². The van der Waals surface area contributed by atoms with Gasteiger partial charge < -0.3 is 20.1 Å². The average Bonchev–Trinajstić information content (AvgIpc) is 2.37. The molecule has 0 saturated carbocycles. The molecule has 2 heterocycles. The molecule has 1 aromatic rings. The van der Waals surface area contributed by atoms with Crippen LogP contribution < -0.4 is 10.4 Å². The number of aliphatic hydroxyl groups is 1. The van der Waals surface area contributed by atoms with E-state index in [1.54, 1.807) is 0 Å². The Morgan fingerprint density at radius 3 is 2.40 bits per heavy atom.